The molecule has 1 rings (SSSR count). The number of sulfonamides is 1. The Morgan fingerprint density at radius 1 is 1.25 bits per heavy atom. The molecule has 0 spiro atoms. The van der Waals surface area contributed by atoms with E-state index in [2.05, 4.69) is 34.1 Å². The minimum absolute atomic E-state index is 0. The maximum Gasteiger partial charge on any atom is 0.211 e. The molecule has 0 saturated heterocycles. The Balaban J connectivity index is 0.00000529. The minimum Gasteiger partial charge on any atom is -0.357 e. The highest BCUT2D eigenvalue weighted by molar-refractivity contribution is 14.0. The summed E-state index contributed by atoms with van der Waals surface area (Å²) < 4.78 is 25.3. The zero-order chi connectivity index (χ0) is 17.3. The average molecular weight is 468 g/mol. The summed E-state index contributed by atoms with van der Waals surface area (Å²) in [6.45, 7) is 7.94. The van der Waals surface area contributed by atoms with Crippen molar-refractivity contribution in [3.05, 3.63) is 35.4 Å². The Hall–Kier alpha value is -0.870. The van der Waals surface area contributed by atoms with Gasteiger partial charge in [0.1, 0.15) is 0 Å². The fourth-order valence-electron chi connectivity index (χ4n) is 2.05. The highest BCUT2D eigenvalue weighted by atomic mass is 127. The Bertz CT molecular complexity index is 620. The fraction of sp³-hybridized carbons (Fsp3) is 0.562. The fourth-order valence-corrected chi connectivity index (χ4v) is 2.66. The monoisotopic (exact) mass is 468 g/mol. The third kappa shape index (κ3) is 8.29. The third-order valence-corrected chi connectivity index (χ3v) is 4.84. The lowest BCUT2D eigenvalue weighted by Crippen LogP contribution is -2.39. The molecule has 138 valence electrons. The zero-order valence-electron chi connectivity index (χ0n) is 14.9. The molecule has 1 aromatic carbocycles. The smallest absolute Gasteiger partial charge is 0.211 e. The first-order valence-corrected chi connectivity index (χ1v) is 9.56. The first-order valence-electron chi connectivity index (χ1n) is 7.91. The van der Waals surface area contributed by atoms with Crippen LogP contribution in [0.3, 0.4) is 0 Å². The number of nitrogens with one attached hydrogen (secondary N) is 2. The lowest BCUT2D eigenvalue weighted by Gasteiger charge is -2.23. The van der Waals surface area contributed by atoms with Crippen LogP contribution in [-0.2, 0) is 16.6 Å². The predicted molar refractivity (Wildman–Crippen MR) is 112 cm³/mol. The molecule has 1 aromatic rings. The van der Waals surface area contributed by atoms with Crippen molar-refractivity contribution in [2.45, 2.75) is 27.3 Å². The van der Waals surface area contributed by atoms with Gasteiger partial charge >= 0.3 is 0 Å². The van der Waals surface area contributed by atoms with Gasteiger partial charge in [-0.25, -0.2) is 13.1 Å². The quantitative estimate of drug-likeness (QED) is 0.265. The summed E-state index contributed by atoms with van der Waals surface area (Å²) >= 11 is 0. The summed E-state index contributed by atoms with van der Waals surface area (Å²) in [5, 5.41) is 3.23. The van der Waals surface area contributed by atoms with E-state index in [0.29, 0.717) is 13.1 Å². The number of aliphatic imine (C=N–C) groups is 1. The molecule has 0 aliphatic heterocycles. The zero-order valence-corrected chi connectivity index (χ0v) is 18.0. The van der Waals surface area contributed by atoms with Crippen LogP contribution in [0.4, 0.5) is 0 Å². The van der Waals surface area contributed by atoms with Crippen LogP contribution in [0.5, 0.6) is 0 Å². The van der Waals surface area contributed by atoms with Crippen molar-refractivity contribution in [3.63, 3.8) is 0 Å². The van der Waals surface area contributed by atoms with Crippen LogP contribution in [0, 0.1) is 6.92 Å². The molecule has 0 saturated carbocycles. The van der Waals surface area contributed by atoms with Crippen LogP contribution >= 0.6 is 24.0 Å². The Kier molecular flexibility index (Phi) is 11.2. The van der Waals surface area contributed by atoms with Gasteiger partial charge in [-0.15, -0.1) is 24.0 Å². The van der Waals surface area contributed by atoms with E-state index in [1.807, 2.05) is 31.0 Å². The highest BCUT2D eigenvalue weighted by Gasteiger charge is 2.08. The number of benzene rings is 1. The molecule has 0 aliphatic rings. The molecule has 0 radical (unpaired) electrons. The van der Waals surface area contributed by atoms with Crippen LogP contribution in [0.15, 0.2) is 29.3 Å². The molecule has 0 fully saturated rings. The molecular formula is C16H29IN4O2S. The van der Waals surface area contributed by atoms with Crippen LogP contribution in [-0.4, -0.2) is 51.7 Å². The second-order valence-electron chi connectivity index (χ2n) is 5.32. The summed E-state index contributed by atoms with van der Waals surface area (Å²) in [7, 11) is -1.18. The van der Waals surface area contributed by atoms with Gasteiger partial charge in [-0.2, -0.15) is 0 Å². The summed E-state index contributed by atoms with van der Waals surface area (Å²) in [4.78, 5) is 6.52. The standard InChI is InChI=1S/C16H28N4O2S.HI/c1-5-17-16(18-11-12-19-23(21,22)6-2)20(4)13-15-10-8-7-9-14(15)3;/h7-10,19H,5-6,11-13H2,1-4H3,(H,17,18);1H. The van der Waals surface area contributed by atoms with Gasteiger partial charge in [0.25, 0.3) is 0 Å². The summed E-state index contributed by atoms with van der Waals surface area (Å²) in [6.07, 6.45) is 0. The number of hydrogen-bond acceptors (Lipinski definition) is 3. The van der Waals surface area contributed by atoms with E-state index in [1.54, 1.807) is 6.92 Å². The number of rotatable bonds is 8. The molecule has 0 atom stereocenters. The normalized spacial score (nSPS) is 11.8. The summed E-state index contributed by atoms with van der Waals surface area (Å²) in [5.41, 5.74) is 2.48. The van der Waals surface area contributed by atoms with E-state index in [-0.39, 0.29) is 29.7 Å². The van der Waals surface area contributed by atoms with Gasteiger partial charge < -0.3 is 10.2 Å². The van der Waals surface area contributed by atoms with Gasteiger partial charge in [-0.1, -0.05) is 24.3 Å². The van der Waals surface area contributed by atoms with E-state index in [4.69, 9.17) is 0 Å². The SMILES string of the molecule is CCNC(=NCCNS(=O)(=O)CC)N(C)Cc1ccccc1C.I. The van der Waals surface area contributed by atoms with Gasteiger partial charge in [-0.05, 0) is 31.9 Å². The van der Waals surface area contributed by atoms with E-state index < -0.39 is 10.0 Å². The molecule has 24 heavy (non-hydrogen) atoms. The van der Waals surface area contributed by atoms with Gasteiger partial charge in [-0.3, -0.25) is 4.99 Å². The molecule has 0 amide bonds. The van der Waals surface area contributed by atoms with Gasteiger partial charge in [0, 0.05) is 26.7 Å². The third-order valence-electron chi connectivity index (χ3n) is 3.44. The minimum atomic E-state index is -3.16. The molecule has 0 aromatic heterocycles. The number of guanidine groups is 1. The van der Waals surface area contributed by atoms with Crippen molar-refractivity contribution in [2.75, 3.05) is 32.4 Å². The lowest BCUT2D eigenvalue weighted by molar-refractivity contribution is 0.475. The molecule has 0 bridgehead atoms. The highest BCUT2D eigenvalue weighted by Crippen LogP contribution is 2.09. The maximum absolute atomic E-state index is 11.4. The number of nitrogens with zero attached hydrogens (tertiary/aromatic N) is 2. The van der Waals surface area contributed by atoms with E-state index in [9.17, 15) is 8.42 Å². The molecule has 8 heteroatoms. The van der Waals surface area contributed by atoms with E-state index in [0.717, 1.165) is 19.0 Å². The molecule has 6 nitrogen and oxygen atoms in total. The first-order chi connectivity index (χ1) is 10.9. The molecular weight excluding hydrogens is 439 g/mol. The van der Waals surface area contributed by atoms with Crippen LogP contribution in [0.2, 0.25) is 0 Å². The largest absolute Gasteiger partial charge is 0.357 e. The predicted octanol–water partition coefficient (Wildman–Crippen LogP) is 1.95. The lowest BCUT2D eigenvalue weighted by atomic mass is 10.1. The maximum atomic E-state index is 11.4. The van der Waals surface area contributed by atoms with Crippen LogP contribution in [0.25, 0.3) is 0 Å². The van der Waals surface area contributed by atoms with Crippen molar-refractivity contribution >= 4 is 40.0 Å². The first kappa shape index (κ1) is 23.1. The summed E-state index contributed by atoms with van der Waals surface area (Å²) in [6, 6.07) is 8.25. The second-order valence-corrected chi connectivity index (χ2v) is 7.41. The van der Waals surface area contributed by atoms with Crippen molar-refractivity contribution in [1.29, 1.82) is 0 Å². The average Bonchev–Trinajstić information content (AvgIpc) is 2.52. The summed E-state index contributed by atoms with van der Waals surface area (Å²) in [5.74, 6) is 0.857. The van der Waals surface area contributed by atoms with E-state index in [1.165, 1.54) is 11.1 Å². The van der Waals surface area contributed by atoms with Gasteiger partial charge in [0.2, 0.25) is 10.0 Å². The number of aryl methyl sites for hydroxylation is 1. The Morgan fingerprint density at radius 2 is 1.92 bits per heavy atom. The van der Waals surface area contributed by atoms with Crippen molar-refractivity contribution in [3.8, 4) is 0 Å². The van der Waals surface area contributed by atoms with E-state index >= 15 is 0 Å². The molecule has 2 N–H and O–H groups in total. The molecule has 0 unspecified atom stereocenters. The van der Waals surface area contributed by atoms with Gasteiger partial charge in [0.15, 0.2) is 5.96 Å². The van der Waals surface area contributed by atoms with Crippen LogP contribution < -0.4 is 10.0 Å². The number of halogens is 1. The van der Waals surface area contributed by atoms with Crippen molar-refractivity contribution in [2.24, 2.45) is 4.99 Å². The van der Waals surface area contributed by atoms with Crippen molar-refractivity contribution < 1.29 is 8.42 Å². The Morgan fingerprint density at radius 3 is 2.50 bits per heavy atom. The topological polar surface area (TPSA) is 73.8 Å². The Labute approximate surface area is 163 Å². The van der Waals surface area contributed by atoms with Gasteiger partial charge in [0.05, 0.1) is 12.3 Å². The van der Waals surface area contributed by atoms with Crippen LogP contribution in [0.1, 0.15) is 25.0 Å². The number of hydrogen-bond donors (Lipinski definition) is 2. The molecule has 0 heterocycles. The second kappa shape index (κ2) is 11.6. The molecule has 0 aliphatic carbocycles. The van der Waals surface area contributed by atoms with Crippen molar-refractivity contribution in [1.82, 2.24) is 14.9 Å².